The molecule has 5 nitrogen and oxygen atoms in total. The molecule has 3 rings (SSSR count). The monoisotopic (exact) mass is 367 g/mol. The first-order valence-electron chi connectivity index (χ1n) is 8.11. The van der Waals surface area contributed by atoms with Crippen molar-refractivity contribution in [1.29, 1.82) is 0 Å². The van der Waals surface area contributed by atoms with Crippen molar-refractivity contribution in [2.75, 3.05) is 0 Å². The van der Waals surface area contributed by atoms with Crippen molar-refractivity contribution in [3.8, 4) is 12.3 Å². The van der Waals surface area contributed by atoms with Crippen LogP contribution in [0.1, 0.15) is 29.8 Å². The van der Waals surface area contributed by atoms with Crippen LogP contribution >= 0.6 is 0 Å². The van der Waals surface area contributed by atoms with Crippen LogP contribution in [0.25, 0.3) is 10.9 Å². The minimum atomic E-state index is -0.754. The average Bonchev–Trinajstić information content (AvgIpc) is 2.61. The van der Waals surface area contributed by atoms with Crippen molar-refractivity contribution in [2.24, 2.45) is 0 Å². The van der Waals surface area contributed by atoms with Gasteiger partial charge in [0.1, 0.15) is 17.3 Å². The lowest BCUT2D eigenvalue weighted by atomic mass is 10.1. The normalized spacial score (nSPS) is 11.8. The molecule has 0 aliphatic heterocycles. The summed E-state index contributed by atoms with van der Waals surface area (Å²) in [5.74, 6) is 0.492. The van der Waals surface area contributed by atoms with Gasteiger partial charge in [-0.05, 0) is 31.0 Å². The molecule has 2 aromatic heterocycles. The minimum absolute atomic E-state index is 0.149. The number of hydrogen-bond acceptors (Lipinski definition) is 3. The molecule has 0 spiro atoms. The van der Waals surface area contributed by atoms with Crippen LogP contribution in [0, 0.1) is 24.0 Å². The third kappa shape index (κ3) is 3.85. The van der Waals surface area contributed by atoms with E-state index in [4.69, 9.17) is 6.42 Å². The Balaban J connectivity index is 1.82. The van der Waals surface area contributed by atoms with E-state index in [1.54, 1.807) is 13.0 Å². The van der Waals surface area contributed by atoms with Gasteiger partial charge in [-0.2, -0.15) is 0 Å². The lowest BCUT2D eigenvalue weighted by Gasteiger charge is -2.15. The number of nitrogens with one attached hydrogen (secondary N) is 2. The van der Waals surface area contributed by atoms with Crippen LogP contribution in [0.4, 0.5) is 8.78 Å². The van der Waals surface area contributed by atoms with Gasteiger partial charge in [-0.15, -0.1) is 6.42 Å². The van der Waals surface area contributed by atoms with Gasteiger partial charge < -0.3 is 10.3 Å². The van der Waals surface area contributed by atoms with E-state index in [0.717, 1.165) is 12.1 Å². The summed E-state index contributed by atoms with van der Waals surface area (Å²) in [7, 11) is 0. The van der Waals surface area contributed by atoms with Crippen LogP contribution < -0.4 is 10.9 Å². The zero-order valence-electron chi connectivity index (χ0n) is 14.3. The predicted octanol–water partition coefficient (Wildman–Crippen LogP) is 2.60. The quantitative estimate of drug-likeness (QED) is 0.696. The first-order valence-corrected chi connectivity index (χ1v) is 8.11. The van der Waals surface area contributed by atoms with Crippen LogP contribution in [0.15, 0.2) is 41.3 Å². The second-order valence-electron chi connectivity index (χ2n) is 6.02. The summed E-state index contributed by atoms with van der Waals surface area (Å²) < 4.78 is 26.8. The minimum Gasteiger partial charge on any atom is -0.349 e. The summed E-state index contributed by atoms with van der Waals surface area (Å²) in [6.45, 7) is 1.57. The first kappa shape index (κ1) is 18.3. The van der Waals surface area contributed by atoms with E-state index in [1.165, 1.54) is 18.3 Å². The fourth-order valence-electron chi connectivity index (χ4n) is 2.81. The van der Waals surface area contributed by atoms with E-state index in [9.17, 15) is 18.4 Å². The van der Waals surface area contributed by atoms with E-state index >= 15 is 0 Å². The zero-order chi connectivity index (χ0) is 19.6. The number of fused-ring (bicyclic) bond motifs is 1. The van der Waals surface area contributed by atoms with Crippen molar-refractivity contribution in [3.63, 3.8) is 0 Å². The number of halogens is 2. The standard InChI is InChI=1S/C20H15F2N3O2/c1-3-17-15-8-12(20(27)25-18(15)6-7-23-17)9-19(26)24-11(2)14-5-4-13(21)10-16(14)22/h1,4-8,10-11H,9H2,2H3,(H,24,26)(H,25,27)/t11-/m0/s1. The second-order valence-corrected chi connectivity index (χ2v) is 6.02. The molecule has 0 bridgehead atoms. The third-order valence-electron chi connectivity index (χ3n) is 4.14. The number of amides is 1. The molecular formula is C20H15F2N3O2. The van der Waals surface area contributed by atoms with Crippen molar-refractivity contribution < 1.29 is 13.6 Å². The molecule has 0 aliphatic rings. The lowest BCUT2D eigenvalue weighted by Crippen LogP contribution is -2.30. The Hall–Kier alpha value is -3.53. The van der Waals surface area contributed by atoms with Gasteiger partial charge in [0.2, 0.25) is 5.91 Å². The molecule has 0 saturated heterocycles. The molecule has 0 fully saturated rings. The molecule has 27 heavy (non-hydrogen) atoms. The number of H-pyrrole nitrogens is 1. The number of rotatable bonds is 4. The fourth-order valence-corrected chi connectivity index (χ4v) is 2.81. The largest absolute Gasteiger partial charge is 0.349 e. The maximum absolute atomic E-state index is 13.8. The maximum Gasteiger partial charge on any atom is 0.252 e. The molecular weight excluding hydrogens is 352 g/mol. The second kappa shape index (κ2) is 7.38. The molecule has 1 atom stereocenters. The van der Waals surface area contributed by atoms with Gasteiger partial charge in [-0.3, -0.25) is 9.59 Å². The van der Waals surface area contributed by atoms with Crippen molar-refractivity contribution in [1.82, 2.24) is 15.3 Å². The Kier molecular flexibility index (Phi) is 4.99. The Labute approximate surface area is 153 Å². The van der Waals surface area contributed by atoms with Crippen LogP contribution in [0.2, 0.25) is 0 Å². The van der Waals surface area contributed by atoms with Gasteiger partial charge in [0, 0.05) is 28.8 Å². The highest BCUT2D eigenvalue weighted by molar-refractivity contribution is 5.85. The SMILES string of the molecule is C#Cc1nccc2[nH]c(=O)c(CC(=O)N[C@@H](C)c3ccc(F)cc3F)cc12. The number of pyridine rings is 2. The van der Waals surface area contributed by atoms with Gasteiger partial charge in [0.25, 0.3) is 5.56 Å². The zero-order valence-corrected chi connectivity index (χ0v) is 14.3. The smallest absolute Gasteiger partial charge is 0.252 e. The molecule has 7 heteroatoms. The number of hydrogen-bond donors (Lipinski definition) is 2. The topological polar surface area (TPSA) is 74.8 Å². The van der Waals surface area contributed by atoms with Gasteiger partial charge in [-0.1, -0.05) is 6.07 Å². The van der Waals surface area contributed by atoms with E-state index in [0.29, 0.717) is 16.6 Å². The fraction of sp³-hybridized carbons (Fsp3) is 0.150. The first-order chi connectivity index (χ1) is 12.9. The molecule has 2 heterocycles. The van der Waals surface area contributed by atoms with Gasteiger partial charge in [-0.25, -0.2) is 13.8 Å². The molecule has 0 saturated carbocycles. The number of carbonyl (C=O) groups excluding carboxylic acids is 1. The highest BCUT2D eigenvalue weighted by Gasteiger charge is 2.16. The highest BCUT2D eigenvalue weighted by atomic mass is 19.1. The van der Waals surface area contributed by atoms with Gasteiger partial charge in [0.05, 0.1) is 18.0 Å². The number of nitrogens with zero attached hydrogens (tertiary/aromatic N) is 1. The number of aromatic nitrogens is 2. The summed E-state index contributed by atoms with van der Waals surface area (Å²) in [4.78, 5) is 31.2. The molecule has 0 unspecified atom stereocenters. The van der Waals surface area contributed by atoms with Gasteiger partial charge in [0.15, 0.2) is 0 Å². The maximum atomic E-state index is 13.8. The molecule has 0 radical (unpaired) electrons. The summed E-state index contributed by atoms with van der Waals surface area (Å²) in [6, 6.07) is 5.58. The molecule has 2 N–H and O–H groups in total. The van der Waals surface area contributed by atoms with Crippen molar-refractivity contribution in [3.05, 3.63) is 75.3 Å². The van der Waals surface area contributed by atoms with E-state index in [2.05, 4.69) is 21.2 Å². The predicted molar refractivity (Wildman–Crippen MR) is 96.9 cm³/mol. The Morgan fingerprint density at radius 3 is 2.81 bits per heavy atom. The molecule has 1 amide bonds. The summed E-state index contributed by atoms with van der Waals surface area (Å²) in [6.07, 6.45) is 6.67. The summed E-state index contributed by atoms with van der Waals surface area (Å²) >= 11 is 0. The highest BCUT2D eigenvalue weighted by Crippen LogP contribution is 2.18. The van der Waals surface area contributed by atoms with Crippen LogP contribution in [-0.4, -0.2) is 15.9 Å². The van der Waals surface area contributed by atoms with E-state index in [1.807, 2.05) is 0 Å². The Bertz CT molecular complexity index is 1130. The number of aromatic amines is 1. The molecule has 136 valence electrons. The van der Waals surface area contributed by atoms with Crippen LogP contribution in [0.3, 0.4) is 0 Å². The molecule has 1 aromatic carbocycles. The summed E-state index contributed by atoms with van der Waals surface area (Å²) in [5, 5.41) is 3.15. The van der Waals surface area contributed by atoms with Crippen molar-refractivity contribution in [2.45, 2.75) is 19.4 Å². The van der Waals surface area contributed by atoms with E-state index in [-0.39, 0.29) is 17.5 Å². The van der Waals surface area contributed by atoms with Gasteiger partial charge >= 0.3 is 0 Å². The number of terminal acetylenes is 1. The Morgan fingerprint density at radius 1 is 1.33 bits per heavy atom. The summed E-state index contributed by atoms with van der Waals surface area (Å²) in [5.41, 5.74) is 0.806. The average molecular weight is 367 g/mol. The lowest BCUT2D eigenvalue weighted by molar-refractivity contribution is -0.121. The van der Waals surface area contributed by atoms with Crippen LogP contribution in [-0.2, 0) is 11.2 Å². The van der Waals surface area contributed by atoms with Crippen LogP contribution in [0.5, 0.6) is 0 Å². The van der Waals surface area contributed by atoms with Crippen molar-refractivity contribution >= 4 is 16.8 Å². The molecule has 3 aromatic rings. The van der Waals surface area contributed by atoms with E-state index < -0.39 is 29.1 Å². The number of carbonyl (C=O) groups is 1. The molecule has 0 aliphatic carbocycles. The third-order valence-corrected chi connectivity index (χ3v) is 4.14. The Morgan fingerprint density at radius 2 is 2.11 bits per heavy atom. The number of benzene rings is 1.